The number of benzene rings is 1. The summed E-state index contributed by atoms with van der Waals surface area (Å²) in [6, 6.07) is 3.89. The summed E-state index contributed by atoms with van der Waals surface area (Å²) in [5.74, 6) is 0.471. The molecule has 0 amide bonds. The van der Waals surface area contributed by atoms with Gasteiger partial charge in [0.15, 0.2) is 11.5 Å². The molecular formula is C19H25NO4. The Labute approximate surface area is 143 Å². The second kappa shape index (κ2) is 9.13. The highest BCUT2D eigenvalue weighted by Crippen LogP contribution is 2.35. The third kappa shape index (κ3) is 5.13. The standard InChI is InChI=1S/C15H16O4.C4H9N/c1-18-13-8-11-5-3-10(4-6-15(16)17)7-12(11)9-14(13)19-2;1-2-4-5-3-1/h4,6-9H,3,5H2,1-2H3,(H,16,17);5H,1-4H2. The number of methoxy groups -OCH3 is 2. The summed E-state index contributed by atoms with van der Waals surface area (Å²) in [6.45, 7) is 2.50. The first-order chi connectivity index (χ1) is 11.6. The van der Waals surface area contributed by atoms with E-state index < -0.39 is 5.97 Å². The molecule has 2 N–H and O–H groups in total. The van der Waals surface area contributed by atoms with Gasteiger partial charge in [-0.25, -0.2) is 4.79 Å². The van der Waals surface area contributed by atoms with Crippen LogP contribution in [-0.4, -0.2) is 38.4 Å². The van der Waals surface area contributed by atoms with Gasteiger partial charge in [-0.05, 0) is 67.6 Å². The molecule has 0 atom stereocenters. The Morgan fingerprint density at radius 1 is 1.12 bits per heavy atom. The van der Waals surface area contributed by atoms with Crippen molar-refractivity contribution in [1.82, 2.24) is 5.32 Å². The summed E-state index contributed by atoms with van der Waals surface area (Å²) in [6.07, 6.45) is 9.26. The summed E-state index contributed by atoms with van der Waals surface area (Å²) >= 11 is 0. The summed E-state index contributed by atoms with van der Waals surface area (Å²) in [5.41, 5.74) is 3.24. The van der Waals surface area contributed by atoms with Crippen molar-refractivity contribution in [2.24, 2.45) is 0 Å². The van der Waals surface area contributed by atoms with Crippen molar-refractivity contribution in [2.75, 3.05) is 27.3 Å². The molecule has 1 aromatic rings. The van der Waals surface area contributed by atoms with Gasteiger partial charge in [0.1, 0.15) is 0 Å². The van der Waals surface area contributed by atoms with Crippen LogP contribution < -0.4 is 14.8 Å². The van der Waals surface area contributed by atoms with Crippen LogP contribution in [0, 0.1) is 0 Å². The van der Waals surface area contributed by atoms with Crippen LogP contribution in [-0.2, 0) is 11.2 Å². The van der Waals surface area contributed by atoms with Gasteiger partial charge in [0.25, 0.3) is 0 Å². The molecule has 2 aliphatic rings. The largest absolute Gasteiger partial charge is 0.493 e. The average Bonchev–Trinajstić information content (AvgIpc) is 3.18. The fourth-order valence-corrected chi connectivity index (χ4v) is 2.77. The van der Waals surface area contributed by atoms with E-state index in [0.717, 1.165) is 35.8 Å². The number of ether oxygens (including phenoxy) is 2. The lowest BCUT2D eigenvalue weighted by Crippen LogP contribution is -2.03. The molecule has 1 heterocycles. The molecule has 1 aliphatic heterocycles. The molecule has 1 fully saturated rings. The normalized spacial score (nSPS) is 16.0. The number of carbonyl (C=O) groups is 1. The summed E-state index contributed by atoms with van der Waals surface area (Å²) in [4.78, 5) is 10.5. The maximum atomic E-state index is 10.5. The minimum absolute atomic E-state index is 0.681. The number of rotatable bonds is 4. The number of hydrogen-bond donors (Lipinski definition) is 2. The van der Waals surface area contributed by atoms with Gasteiger partial charge in [0.2, 0.25) is 0 Å². The molecule has 0 spiro atoms. The molecule has 5 heteroatoms. The molecule has 0 bridgehead atoms. The molecule has 0 radical (unpaired) electrons. The van der Waals surface area contributed by atoms with E-state index in [-0.39, 0.29) is 0 Å². The highest BCUT2D eigenvalue weighted by molar-refractivity contribution is 5.81. The molecule has 1 aromatic carbocycles. The molecular weight excluding hydrogens is 306 g/mol. The SMILES string of the molecule is C1CCNC1.COc1cc2c(cc1OC)CCC(C=CC(=O)O)=C2. The zero-order valence-corrected chi connectivity index (χ0v) is 14.3. The van der Waals surface area contributed by atoms with Crippen LogP contribution in [0.25, 0.3) is 6.08 Å². The minimum Gasteiger partial charge on any atom is -0.493 e. The number of aryl methyl sites for hydroxylation is 1. The maximum Gasteiger partial charge on any atom is 0.328 e. The summed E-state index contributed by atoms with van der Waals surface area (Å²) in [7, 11) is 3.21. The van der Waals surface area contributed by atoms with Gasteiger partial charge in [-0.2, -0.15) is 0 Å². The van der Waals surface area contributed by atoms with Gasteiger partial charge in [0.05, 0.1) is 14.2 Å². The quantitative estimate of drug-likeness (QED) is 0.830. The Hall–Kier alpha value is -2.27. The first-order valence-corrected chi connectivity index (χ1v) is 8.21. The molecule has 3 rings (SSSR count). The Morgan fingerprint density at radius 3 is 2.33 bits per heavy atom. The predicted molar refractivity (Wildman–Crippen MR) is 94.7 cm³/mol. The number of carboxylic acid groups (broad SMARTS) is 1. The average molecular weight is 331 g/mol. The van der Waals surface area contributed by atoms with E-state index in [2.05, 4.69) is 5.32 Å². The highest BCUT2D eigenvalue weighted by Gasteiger charge is 2.14. The van der Waals surface area contributed by atoms with Crippen LogP contribution in [0.2, 0.25) is 0 Å². The van der Waals surface area contributed by atoms with Crippen molar-refractivity contribution in [3.05, 3.63) is 41.0 Å². The lowest BCUT2D eigenvalue weighted by atomic mass is 9.91. The number of nitrogens with one attached hydrogen (secondary N) is 1. The van der Waals surface area contributed by atoms with Crippen LogP contribution in [0.15, 0.2) is 29.9 Å². The number of aliphatic carboxylic acids is 1. The molecule has 24 heavy (non-hydrogen) atoms. The van der Waals surface area contributed by atoms with Crippen molar-refractivity contribution < 1.29 is 19.4 Å². The van der Waals surface area contributed by atoms with E-state index in [4.69, 9.17) is 14.6 Å². The fraction of sp³-hybridized carbons (Fsp3) is 0.421. The zero-order chi connectivity index (χ0) is 17.4. The number of hydrogen-bond acceptors (Lipinski definition) is 4. The lowest BCUT2D eigenvalue weighted by molar-refractivity contribution is -0.131. The van der Waals surface area contributed by atoms with E-state index in [9.17, 15) is 4.79 Å². The van der Waals surface area contributed by atoms with Gasteiger partial charge >= 0.3 is 5.97 Å². The molecule has 0 aromatic heterocycles. The maximum absolute atomic E-state index is 10.5. The van der Waals surface area contributed by atoms with Gasteiger partial charge in [-0.15, -0.1) is 0 Å². The van der Waals surface area contributed by atoms with Crippen LogP contribution in [0.5, 0.6) is 11.5 Å². The Morgan fingerprint density at radius 2 is 1.79 bits per heavy atom. The van der Waals surface area contributed by atoms with Crippen LogP contribution in [0.3, 0.4) is 0 Å². The van der Waals surface area contributed by atoms with Gasteiger partial charge < -0.3 is 19.9 Å². The van der Waals surface area contributed by atoms with E-state index >= 15 is 0 Å². The molecule has 0 unspecified atom stereocenters. The second-order valence-corrected chi connectivity index (χ2v) is 5.75. The fourth-order valence-electron chi connectivity index (χ4n) is 2.77. The third-order valence-electron chi connectivity index (χ3n) is 4.07. The van der Waals surface area contributed by atoms with Crippen LogP contribution in [0.1, 0.15) is 30.4 Å². The zero-order valence-electron chi connectivity index (χ0n) is 14.3. The van der Waals surface area contributed by atoms with E-state index in [1.165, 1.54) is 31.5 Å². The van der Waals surface area contributed by atoms with Crippen molar-refractivity contribution in [3.8, 4) is 11.5 Å². The number of fused-ring (bicyclic) bond motifs is 1. The summed E-state index contributed by atoms with van der Waals surface area (Å²) < 4.78 is 10.5. The number of carboxylic acids is 1. The van der Waals surface area contributed by atoms with Crippen LogP contribution in [0.4, 0.5) is 0 Å². The van der Waals surface area contributed by atoms with E-state index in [1.54, 1.807) is 20.3 Å². The van der Waals surface area contributed by atoms with Gasteiger partial charge in [-0.1, -0.05) is 12.2 Å². The molecule has 130 valence electrons. The monoisotopic (exact) mass is 331 g/mol. The number of allylic oxidation sites excluding steroid dienone is 2. The molecule has 1 aliphatic carbocycles. The Balaban J connectivity index is 0.000000355. The van der Waals surface area contributed by atoms with Crippen LogP contribution >= 0.6 is 0 Å². The molecule has 0 saturated carbocycles. The van der Waals surface area contributed by atoms with Crippen molar-refractivity contribution in [3.63, 3.8) is 0 Å². The first kappa shape index (κ1) is 18.1. The van der Waals surface area contributed by atoms with E-state index in [0.29, 0.717) is 5.75 Å². The Bertz CT molecular complexity index is 623. The van der Waals surface area contributed by atoms with Crippen molar-refractivity contribution in [2.45, 2.75) is 25.7 Å². The van der Waals surface area contributed by atoms with Gasteiger partial charge in [-0.3, -0.25) is 0 Å². The van der Waals surface area contributed by atoms with Gasteiger partial charge in [0, 0.05) is 6.08 Å². The molecule has 5 nitrogen and oxygen atoms in total. The second-order valence-electron chi connectivity index (χ2n) is 5.75. The lowest BCUT2D eigenvalue weighted by Gasteiger charge is -2.17. The van der Waals surface area contributed by atoms with Crippen molar-refractivity contribution in [1.29, 1.82) is 0 Å². The minimum atomic E-state index is -0.931. The highest BCUT2D eigenvalue weighted by atomic mass is 16.5. The smallest absolute Gasteiger partial charge is 0.328 e. The summed E-state index contributed by atoms with van der Waals surface area (Å²) in [5, 5.41) is 11.9. The van der Waals surface area contributed by atoms with E-state index in [1.807, 2.05) is 18.2 Å². The topological polar surface area (TPSA) is 67.8 Å². The third-order valence-corrected chi connectivity index (χ3v) is 4.07. The predicted octanol–water partition coefficient (Wildman–Crippen LogP) is 3.04. The first-order valence-electron chi connectivity index (χ1n) is 8.21. The van der Waals surface area contributed by atoms with Crippen molar-refractivity contribution >= 4 is 12.0 Å². The Kier molecular flexibility index (Phi) is 6.88. The molecule has 1 saturated heterocycles.